The van der Waals surface area contributed by atoms with Gasteiger partial charge in [-0.1, -0.05) is 30.3 Å². The van der Waals surface area contributed by atoms with Gasteiger partial charge in [0.2, 0.25) is 5.88 Å². The Kier molecular flexibility index (Phi) is 3.05. The average molecular weight is 214 g/mol. The molecular weight excluding hydrogens is 200 g/mol. The van der Waals surface area contributed by atoms with E-state index in [-0.39, 0.29) is 0 Å². The standard InChI is InChI=1S/C13H14N2O/c1-10-8-15-13(7-12(10)14)16-9-11-5-3-2-4-6-11/h2-8H,9H2,1H3,(H2,14,15). The maximum Gasteiger partial charge on any atom is 0.215 e. The molecule has 0 aliphatic heterocycles. The van der Waals surface area contributed by atoms with E-state index in [2.05, 4.69) is 4.98 Å². The zero-order valence-corrected chi connectivity index (χ0v) is 9.18. The molecule has 16 heavy (non-hydrogen) atoms. The molecule has 2 aromatic rings. The van der Waals surface area contributed by atoms with E-state index in [1.54, 1.807) is 12.3 Å². The van der Waals surface area contributed by atoms with E-state index >= 15 is 0 Å². The fourth-order valence-electron chi connectivity index (χ4n) is 1.33. The number of aromatic nitrogens is 1. The number of nitrogens with two attached hydrogens (primary N) is 1. The summed E-state index contributed by atoms with van der Waals surface area (Å²) in [5.74, 6) is 0.562. The van der Waals surface area contributed by atoms with Crippen LogP contribution in [0.25, 0.3) is 0 Å². The van der Waals surface area contributed by atoms with Gasteiger partial charge in [-0.3, -0.25) is 0 Å². The number of rotatable bonds is 3. The van der Waals surface area contributed by atoms with Gasteiger partial charge < -0.3 is 10.5 Å². The van der Waals surface area contributed by atoms with E-state index in [0.717, 1.165) is 11.1 Å². The summed E-state index contributed by atoms with van der Waals surface area (Å²) in [5.41, 5.74) is 8.56. The highest BCUT2D eigenvalue weighted by atomic mass is 16.5. The van der Waals surface area contributed by atoms with Crippen LogP contribution in [-0.2, 0) is 6.61 Å². The van der Waals surface area contributed by atoms with Crippen molar-refractivity contribution in [2.24, 2.45) is 0 Å². The number of anilines is 1. The SMILES string of the molecule is Cc1cnc(OCc2ccccc2)cc1N. The van der Waals surface area contributed by atoms with Crippen LogP contribution in [0.15, 0.2) is 42.6 Å². The molecule has 0 radical (unpaired) electrons. The Balaban J connectivity index is 2.03. The summed E-state index contributed by atoms with van der Waals surface area (Å²) >= 11 is 0. The third kappa shape index (κ3) is 2.51. The number of hydrogen-bond donors (Lipinski definition) is 1. The lowest BCUT2D eigenvalue weighted by molar-refractivity contribution is 0.294. The predicted octanol–water partition coefficient (Wildman–Crippen LogP) is 2.55. The first-order valence-corrected chi connectivity index (χ1v) is 5.14. The molecule has 1 aromatic heterocycles. The van der Waals surface area contributed by atoms with Gasteiger partial charge in [-0.2, -0.15) is 0 Å². The molecule has 0 bridgehead atoms. The molecule has 0 atom stereocenters. The number of nitrogens with zero attached hydrogens (tertiary/aromatic N) is 1. The third-order valence-corrected chi connectivity index (χ3v) is 2.35. The van der Waals surface area contributed by atoms with Crippen molar-refractivity contribution in [3.05, 3.63) is 53.7 Å². The number of hydrogen-bond acceptors (Lipinski definition) is 3. The Morgan fingerprint density at radius 1 is 1.25 bits per heavy atom. The van der Waals surface area contributed by atoms with Crippen molar-refractivity contribution in [1.29, 1.82) is 0 Å². The summed E-state index contributed by atoms with van der Waals surface area (Å²) in [6.45, 7) is 2.43. The van der Waals surface area contributed by atoms with Gasteiger partial charge >= 0.3 is 0 Å². The van der Waals surface area contributed by atoms with E-state index in [1.165, 1.54) is 0 Å². The van der Waals surface area contributed by atoms with Crippen LogP contribution in [-0.4, -0.2) is 4.98 Å². The molecule has 2 rings (SSSR count). The van der Waals surface area contributed by atoms with Crippen LogP contribution < -0.4 is 10.5 Å². The number of pyridine rings is 1. The summed E-state index contributed by atoms with van der Waals surface area (Å²) in [5, 5.41) is 0. The summed E-state index contributed by atoms with van der Waals surface area (Å²) in [4.78, 5) is 4.15. The second-order valence-electron chi connectivity index (χ2n) is 3.65. The lowest BCUT2D eigenvalue weighted by atomic mass is 10.2. The number of benzene rings is 1. The van der Waals surface area contributed by atoms with Crippen molar-refractivity contribution < 1.29 is 4.74 Å². The molecule has 0 aliphatic carbocycles. The number of nitrogen functional groups attached to an aromatic ring is 1. The number of ether oxygens (including phenoxy) is 1. The topological polar surface area (TPSA) is 48.1 Å². The lowest BCUT2D eigenvalue weighted by Crippen LogP contribution is -1.99. The van der Waals surface area contributed by atoms with Crippen LogP contribution in [0.5, 0.6) is 5.88 Å². The molecule has 0 saturated carbocycles. The number of aryl methyl sites for hydroxylation is 1. The molecule has 0 unspecified atom stereocenters. The summed E-state index contributed by atoms with van der Waals surface area (Å²) in [6.07, 6.45) is 1.72. The minimum Gasteiger partial charge on any atom is -0.473 e. The van der Waals surface area contributed by atoms with Crippen LogP contribution in [0, 0.1) is 6.92 Å². The van der Waals surface area contributed by atoms with Crippen molar-refractivity contribution in [3.63, 3.8) is 0 Å². The van der Waals surface area contributed by atoms with Gasteiger partial charge in [-0.25, -0.2) is 4.98 Å². The van der Waals surface area contributed by atoms with E-state index < -0.39 is 0 Å². The van der Waals surface area contributed by atoms with Gasteiger partial charge in [0.1, 0.15) is 6.61 Å². The normalized spacial score (nSPS) is 10.1. The zero-order valence-electron chi connectivity index (χ0n) is 9.18. The fraction of sp³-hybridized carbons (Fsp3) is 0.154. The molecule has 0 amide bonds. The second kappa shape index (κ2) is 4.66. The van der Waals surface area contributed by atoms with E-state index in [0.29, 0.717) is 18.2 Å². The Morgan fingerprint density at radius 2 is 2.00 bits per heavy atom. The van der Waals surface area contributed by atoms with E-state index in [4.69, 9.17) is 10.5 Å². The molecule has 3 nitrogen and oxygen atoms in total. The van der Waals surface area contributed by atoms with Gasteiger partial charge in [-0.15, -0.1) is 0 Å². The first-order chi connectivity index (χ1) is 7.75. The van der Waals surface area contributed by atoms with Crippen LogP contribution in [0.1, 0.15) is 11.1 Å². The molecule has 82 valence electrons. The Morgan fingerprint density at radius 3 is 2.69 bits per heavy atom. The zero-order chi connectivity index (χ0) is 11.4. The van der Waals surface area contributed by atoms with Crippen molar-refractivity contribution in [2.75, 3.05) is 5.73 Å². The van der Waals surface area contributed by atoms with Crippen molar-refractivity contribution >= 4 is 5.69 Å². The molecule has 2 N–H and O–H groups in total. The van der Waals surface area contributed by atoms with Gasteiger partial charge in [0.05, 0.1) is 0 Å². The summed E-state index contributed by atoms with van der Waals surface area (Å²) < 4.78 is 5.54. The summed E-state index contributed by atoms with van der Waals surface area (Å²) in [6, 6.07) is 11.7. The molecule has 0 saturated heterocycles. The molecule has 0 aliphatic rings. The minimum absolute atomic E-state index is 0.510. The average Bonchev–Trinajstić information content (AvgIpc) is 2.32. The summed E-state index contributed by atoms with van der Waals surface area (Å²) in [7, 11) is 0. The smallest absolute Gasteiger partial charge is 0.215 e. The van der Waals surface area contributed by atoms with Gasteiger partial charge in [-0.05, 0) is 18.1 Å². The van der Waals surface area contributed by atoms with Crippen molar-refractivity contribution in [2.45, 2.75) is 13.5 Å². The van der Waals surface area contributed by atoms with Crippen LogP contribution in [0.4, 0.5) is 5.69 Å². The van der Waals surface area contributed by atoms with Gasteiger partial charge in [0, 0.05) is 18.0 Å². The van der Waals surface area contributed by atoms with Gasteiger partial charge in [0.15, 0.2) is 0 Å². The van der Waals surface area contributed by atoms with Crippen LogP contribution >= 0.6 is 0 Å². The maximum absolute atomic E-state index is 5.77. The molecule has 1 aromatic carbocycles. The molecule has 0 spiro atoms. The molecule has 1 heterocycles. The Bertz CT molecular complexity index is 469. The highest BCUT2D eigenvalue weighted by Gasteiger charge is 1.99. The minimum atomic E-state index is 0.510. The molecule has 3 heteroatoms. The molecular formula is C13H14N2O. The first-order valence-electron chi connectivity index (χ1n) is 5.14. The third-order valence-electron chi connectivity index (χ3n) is 2.35. The maximum atomic E-state index is 5.77. The first kappa shape index (κ1) is 10.5. The largest absolute Gasteiger partial charge is 0.473 e. The second-order valence-corrected chi connectivity index (χ2v) is 3.65. The van der Waals surface area contributed by atoms with E-state index in [1.807, 2.05) is 37.3 Å². The highest BCUT2D eigenvalue weighted by Crippen LogP contribution is 2.16. The predicted molar refractivity (Wildman–Crippen MR) is 64.2 cm³/mol. The van der Waals surface area contributed by atoms with Crippen molar-refractivity contribution in [1.82, 2.24) is 4.98 Å². The van der Waals surface area contributed by atoms with Crippen LogP contribution in [0.2, 0.25) is 0 Å². The highest BCUT2D eigenvalue weighted by molar-refractivity contribution is 5.47. The molecule has 0 fully saturated rings. The van der Waals surface area contributed by atoms with Gasteiger partial charge in [0.25, 0.3) is 0 Å². The Labute approximate surface area is 94.9 Å². The van der Waals surface area contributed by atoms with Crippen LogP contribution in [0.3, 0.4) is 0 Å². The quantitative estimate of drug-likeness (QED) is 0.854. The van der Waals surface area contributed by atoms with E-state index in [9.17, 15) is 0 Å². The fourth-order valence-corrected chi connectivity index (χ4v) is 1.33. The van der Waals surface area contributed by atoms with Crippen molar-refractivity contribution in [3.8, 4) is 5.88 Å². The lowest BCUT2D eigenvalue weighted by Gasteiger charge is -2.06. The monoisotopic (exact) mass is 214 g/mol. The Hall–Kier alpha value is -2.03.